The molecule has 0 saturated carbocycles. The van der Waals surface area contributed by atoms with Gasteiger partial charge in [0.2, 0.25) is 6.79 Å². The van der Waals surface area contributed by atoms with Crippen LogP contribution in [0.3, 0.4) is 0 Å². The molecule has 0 spiro atoms. The van der Waals surface area contributed by atoms with Crippen LogP contribution in [0.15, 0.2) is 54.1 Å². The Kier molecular flexibility index (Phi) is 7.27. The van der Waals surface area contributed by atoms with Crippen molar-refractivity contribution in [3.8, 4) is 11.5 Å². The minimum atomic E-state index is -0.525. The Labute approximate surface area is 187 Å². The van der Waals surface area contributed by atoms with E-state index in [1.54, 1.807) is 18.2 Å². The van der Waals surface area contributed by atoms with E-state index in [4.69, 9.17) is 14.2 Å². The highest BCUT2D eigenvalue weighted by Gasteiger charge is 2.16. The molecule has 0 atom stereocenters. The van der Waals surface area contributed by atoms with E-state index in [0.717, 1.165) is 37.1 Å². The van der Waals surface area contributed by atoms with Gasteiger partial charge < -0.3 is 24.8 Å². The molecule has 2 aromatic carbocycles. The zero-order valence-corrected chi connectivity index (χ0v) is 18.0. The van der Waals surface area contributed by atoms with E-state index in [-0.39, 0.29) is 19.3 Å². The lowest BCUT2D eigenvalue weighted by Gasteiger charge is -2.15. The third kappa shape index (κ3) is 5.81. The van der Waals surface area contributed by atoms with Crippen molar-refractivity contribution in [3.63, 3.8) is 0 Å². The Bertz CT molecular complexity index is 1000. The Morgan fingerprint density at radius 2 is 1.91 bits per heavy atom. The summed E-state index contributed by atoms with van der Waals surface area (Å²) in [5.41, 5.74) is 3.49. The van der Waals surface area contributed by atoms with Crippen molar-refractivity contribution < 1.29 is 23.8 Å². The van der Waals surface area contributed by atoms with Crippen LogP contribution in [-0.4, -0.2) is 31.8 Å². The molecule has 7 heteroatoms. The number of para-hydroxylation sites is 1. The molecular weight excluding hydrogens is 408 g/mol. The molecule has 2 aliphatic rings. The first-order valence-electron chi connectivity index (χ1n) is 11.0. The van der Waals surface area contributed by atoms with Gasteiger partial charge in [-0.2, -0.15) is 0 Å². The van der Waals surface area contributed by atoms with Crippen molar-refractivity contribution >= 4 is 17.6 Å². The second-order valence-corrected chi connectivity index (χ2v) is 7.87. The van der Waals surface area contributed by atoms with E-state index in [0.29, 0.717) is 23.6 Å². The number of carbonyl (C=O) groups is 2. The average molecular weight is 437 g/mol. The maximum absolute atomic E-state index is 12.6. The first-order valence-corrected chi connectivity index (χ1v) is 11.0. The van der Waals surface area contributed by atoms with Crippen LogP contribution in [0, 0.1) is 0 Å². The van der Waals surface area contributed by atoms with Gasteiger partial charge in [0.05, 0.1) is 5.56 Å². The average Bonchev–Trinajstić information content (AvgIpc) is 3.30. The number of hydrogen-bond donors (Lipinski definition) is 2. The van der Waals surface area contributed by atoms with E-state index in [1.807, 2.05) is 24.3 Å². The largest absolute Gasteiger partial charge is 0.454 e. The molecule has 0 unspecified atom stereocenters. The van der Waals surface area contributed by atoms with Gasteiger partial charge in [-0.25, -0.2) is 4.79 Å². The Morgan fingerprint density at radius 1 is 1.03 bits per heavy atom. The number of ether oxygens (including phenoxy) is 3. The van der Waals surface area contributed by atoms with Crippen molar-refractivity contribution in [2.75, 3.05) is 25.3 Å². The number of esters is 1. The third-order valence-electron chi connectivity index (χ3n) is 5.55. The minimum absolute atomic E-state index is 0.204. The van der Waals surface area contributed by atoms with Crippen molar-refractivity contribution in [1.29, 1.82) is 0 Å². The quantitative estimate of drug-likeness (QED) is 0.453. The Morgan fingerprint density at radius 3 is 2.78 bits per heavy atom. The lowest BCUT2D eigenvalue weighted by molar-refractivity contribution is -0.124. The maximum atomic E-state index is 12.6. The molecule has 0 fully saturated rings. The zero-order chi connectivity index (χ0) is 22.2. The van der Waals surface area contributed by atoms with Crippen LogP contribution >= 0.6 is 0 Å². The maximum Gasteiger partial charge on any atom is 0.340 e. The van der Waals surface area contributed by atoms with E-state index in [2.05, 4.69) is 16.7 Å². The fourth-order valence-corrected chi connectivity index (χ4v) is 3.82. The fraction of sp³-hybridized carbons (Fsp3) is 0.360. The lowest BCUT2D eigenvalue weighted by atomic mass is 9.97. The molecule has 2 aromatic rings. The molecule has 1 aliphatic carbocycles. The summed E-state index contributed by atoms with van der Waals surface area (Å²) in [4.78, 5) is 24.7. The van der Waals surface area contributed by atoms with Crippen LogP contribution in [0.2, 0.25) is 0 Å². The number of fused-ring (bicyclic) bond motifs is 1. The molecule has 0 radical (unpaired) electrons. The first kappa shape index (κ1) is 21.7. The predicted octanol–water partition coefficient (Wildman–Crippen LogP) is 4.19. The number of amides is 1. The van der Waals surface area contributed by atoms with Gasteiger partial charge in [0.1, 0.15) is 0 Å². The minimum Gasteiger partial charge on any atom is -0.454 e. The SMILES string of the molecule is O=C(COC(=O)c1ccccc1NCCC1=CCCCC1)NCc1ccc2c(c1)OCO2. The summed E-state index contributed by atoms with van der Waals surface area (Å²) >= 11 is 0. The highest BCUT2D eigenvalue weighted by Crippen LogP contribution is 2.32. The Hall–Kier alpha value is -3.48. The predicted molar refractivity (Wildman–Crippen MR) is 121 cm³/mol. The Balaban J connectivity index is 1.23. The number of carbonyl (C=O) groups excluding carboxylic acids is 2. The number of anilines is 1. The highest BCUT2D eigenvalue weighted by atomic mass is 16.7. The van der Waals surface area contributed by atoms with E-state index >= 15 is 0 Å². The van der Waals surface area contributed by atoms with Crippen molar-refractivity contribution in [2.24, 2.45) is 0 Å². The molecule has 0 saturated heterocycles. The normalized spacial score (nSPS) is 14.4. The van der Waals surface area contributed by atoms with Crippen LogP contribution in [-0.2, 0) is 16.1 Å². The summed E-state index contributed by atoms with van der Waals surface area (Å²) in [6.45, 7) is 0.924. The number of rotatable bonds is 9. The molecule has 1 heterocycles. The van der Waals surface area contributed by atoms with Gasteiger partial charge in [-0.3, -0.25) is 4.79 Å². The molecule has 4 rings (SSSR count). The number of nitrogens with one attached hydrogen (secondary N) is 2. The highest BCUT2D eigenvalue weighted by molar-refractivity contribution is 5.96. The summed E-state index contributed by atoms with van der Waals surface area (Å²) < 4.78 is 15.9. The summed E-state index contributed by atoms with van der Waals surface area (Å²) in [5, 5.41) is 6.08. The topological polar surface area (TPSA) is 85.9 Å². The van der Waals surface area contributed by atoms with E-state index < -0.39 is 5.97 Å². The third-order valence-corrected chi connectivity index (χ3v) is 5.55. The van der Waals surface area contributed by atoms with Crippen LogP contribution in [0.5, 0.6) is 11.5 Å². The summed E-state index contributed by atoms with van der Waals surface area (Å²) in [6, 6.07) is 12.7. The molecular formula is C25H28N2O5. The van der Waals surface area contributed by atoms with Gasteiger partial charge >= 0.3 is 5.97 Å². The van der Waals surface area contributed by atoms with Gasteiger partial charge in [0.25, 0.3) is 5.91 Å². The second kappa shape index (κ2) is 10.7. The van der Waals surface area contributed by atoms with Gasteiger partial charge in [-0.05, 0) is 61.9 Å². The van der Waals surface area contributed by atoms with Crippen LogP contribution in [0.1, 0.15) is 48.0 Å². The fourth-order valence-electron chi connectivity index (χ4n) is 3.82. The summed E-state index contributed by atoms with van der Waals surface area (Å²) in [5.74, 6) is 0.456. The molecule has 0 aromatic heterocycles. The first-order chi connectivity index (χ1) is 15.7. The van der Waals surface area contributed by atoms with Gasteiger partial charge in [-0.15, -0.1) is 0 Å². The molecule has 1 amide bonds. The molecule has 1 aliphatic heterocycles. The molecule has 32 heavy (non-hydrogen) atoms. The van der Waals surface area contributed by atoms with Gasteiger partial charge in [0, 0.05) is 18.8 Å². The van der Waals surface area contributed by atoms with Crippen LogP contribution in [0.4, 0.5) is 5.69 Å². The zero-order valence-electron chi connectivity index (χ0n) is 18.0. The van der Waals surface area contributed by atoms with E-state index in [1.165, 1.54) is 18.4 Å². The van der Waals surface area contributed by atoms with Crippen LogP contribution < -0.4 is 20.1 Å². The van der Waals surface area contributed by atoms with E-state index in [9.17, 15) is 9.59 Å². The lowest BCUT2D eigenvalue weighted by Crippen LogP contribution is -2.28. The van der Waals surface area contributed by atoms with Crippen molar-refractivity contribution in [1.82, 2.24) is 5.32 Å². The molecule has 0 bridgehead atoms. The second-order valence-electron chi connectivity index (χ2n) is 7.87. The summed E-state index contributed by atoms with van der Waals surface area (Å²) in [6.07, 6.45) is 8.14. The number of allylic oxidation sites excluding steroid dienone is 1. The summed E-state index contributed by atoms with van der Waals surface area (Å²) in [7, 11) is 0. The smallest absolute Gasteiger partial charge is 0.340 e. The monoisotopic (exact) mass is 436 g/mol. The van der Waals surface area contributed by atoms with Crippen molar-refractivity contribution in [3.05, 3.63) is 65.2 Å². The standard InChI is InChI=1S/C25H28N2O5/c28-24(27-15-19-10-11-22-23(14-19)32-17-31-22)16-30-25(29)20-8-4-5-9-21(20)26-13-12-18-6-2-1-3-7-18/h4-6,8-11,14,26H,1-3,7,12-13,15-17H2,(H,27,28). The molecule has 2 N–H and O–H groups in total. The molecule has 168 valence electrons. The molecule has 7 nitrogen and oxygen atoms in total. The number of benzene rings is 2. The van der Waals surface area contributed by atoms with Gasteiger partial charge in [0.15, 0.2) is 18.1 Å². The number of hydrogen-bond acceptors (Lipinski definition) is 6. The van der Waals surface area contributed by atoms with Crippen molar-refractivity contribution in [2.45, 2.75) is 38.6 Å². The van der Waals surface area contributed by atoms with Crippen LogP contribution in [0.25, 0.3) is 0 Å². The van der Waals surface area contributed by atoms with Gasteiger partial charge in [-0.1, -0.05) is 29.8 Å².